The summed E-state index contributed by atoms with van der Waals surface area (Å²) in [5, 5.41) is 9.03. The van der Waals surface area contributed by atoms with Gasteiger partial charge in [-0.2, -0.15) is 0 Å². The molecule has 0 spiro atoms. The minimum atomic E-state index is -0.347. The van der Waals surface area contributed by atoms with E-state index < -0.39 is 0 Å². The Morgan fingerprint density at radius 2 is 2.00 bits per heavy atom. The Labute approximate surface area is 125 Å². The highest BCUT2D eigenvalue weighted by atomic mass is 16.3. The second-order valence-electron chi connectivity index (χ2n) is 6.36. The average molecular weight is 288 g/mol. The normalized spacial score (nSPS) is 28.7. The largest absolute Gasteiger partial charge is 0.396 e. The zero-order valence-electron chi connectivity index (χ0n) is 12.4. The Morgan fingerprint density at radius 1 is 1.29 bits per heavy atom. The molecule has 0 saturated carbocycles. The lowest BCUT2D eigenvalue weighted by Crippen LogP contribution is -2.42. The fraction of sp³-hybridized carbons (Fsp3) is 0.588. The number of piperidine rings is 1. The van der Waals surface area contributed by atoms with Gasteiger partial charge in [-0.25, -0.2) is 0 Å². The van der Waals surface area contributed by atoms with Crippen LogP contribution in [0.5, 0.6) is 0 Å². The van der Waals surface area contributed by atoms with Crippen LogP contribution in [0.1, 0.15) is 53.9 Å². The van der Waals surface area contributed by atoms with E-state index in [9.17, 15) is 4.79 Å². The van der Waals surface area contributed by atoms with Crippen LogP contribution in [0.25, 0.3) is 0 Å². The van der Waals surface area contributed by atoms with Gasteiger partial charge in [0.05, 0.1) is 0 Å². The van der Waals surface area contributed by atoms with E-state index in [-0.39, 0.29) is 12.5 Å². The monoisotopic (exact) mass is 288 g/mol. The van der Waals surface area contributed by atoms with E-state index in [2.05, 4.69) is 11.0 Å². The smallest absolute Gasteiger partial charge is 0.248 e. The minimum Gasteiger partial charge on any atom is -0.396 e. The highest BCUT2D eigenvalue weighted by molar-refractivity contribution is 5.92. The number of nitrogens with two attached hydrogens (primary N) is 1. The van der Waals surface area contributed by atoms with Gasteiger partial charge in [0.25, 0.3) is 0 Å². The SMILES string of the molecule is NC(=O)c1cccc(C2CC3CCC(C2)N3CCCO)c1. The molecule has 1 aromatic rings. The number of rotatable bonds is 5. The molecule has 2 aliphatic rings. The topological polar surface area (TPSA) is 66.6 Å². The van der Waals surface area contributed by atoms with Gasteiger partial charge in [-0.05, 0) is 55.7 Å². The van der Waals surface area contributed by atoms with Crippen LogP contribution in [-0.2, 0) is 0 Å². The molecule has 2 saturated heterocycles. The quantitative estimate of drug-likeness (QED) is 0.869. The van der Waals surface area contributed by atoms with Crippen molar-refractivity contribution in [3.8, 4) is 0 Å². The zero-order valence-corrected chi connectivity index (χ0v) is 12.4. The zero-order chi connectivity index (χ0) is 14.8. The third-order valence-electron chi connectivity index (χ3n) is 5.10. The van der Waals surface area contributed by atoms with Gasteiger partial charge in [-0.3, -0.25) is 9.69 Å². The molecule has 1 aromatic carbocycles. The lowest BCUT2D eigenvalue weighted by Gasteiger charge is -2.39. The summed E-state index contributed by atoms with van der Waals surface area (Å²) in [6.07, 6.45) is 5.72. The van der Waals surface area contributed by atoms with Crippen molar-refractivity contribution in [1.82, 2.24) is 4.90 Å². The Kier molecular flexibility index (Phi) is 4.27. The summed E-state index contributed by atoms with van der Waals surface area (Å²) in [7, 11) is 0. The molecule has 0 radical (unpaired) electrons. The molecule has 4 nitrogen and oxygen atoms in total. The lowest BCUT2D eigenvalue weighted by molar-refractivity contribution is 0.1000. The summed E-state index contributed by atoms with van der Waals surface area (Å²) in [5.41, 5.74) is 7.25. The number of aliphatic hydroxyl groups excluding tert-OH is 1. The number of amides is 1. The van der Waals surface area contributed by atoms with Crippen LogP contribution in [0, 0.1) is 0 Å². The molecule has 2 unspecified atom stereocenters. The number of carbonyl (C=O) groups is 1. The first-order valence-corrected chi connectivity index (χ1v) is 7.95. The third-order valence-corrected chi connectivity index (χ3v) is 5.10. The average Bonchev–Trinajstić information content (AvgIpc) is 2.73. The maximum absolute atomic E-state index is 11.3. The molecule has 0 aromatic heterocycles. The molecule has 21 heavy (non-hydrogen) atoms. The van der Waals surface area contributed by atoms with E-state index in [1.165, 1.54) is 18.4 Å². The highest BCUT2D eigenvalue weighted by Crippen LogP contribution is 2.43. The molecule has 0 aliphatic carbocycles. The summed E-state index contributed by atoms with van der Waals surface area (Å²) >= 11 is 0. The molecular formula is C17H24N2O2. The van der Waals surface area contributed by atoms with E-state index in [1.807, 2.05) is 12.1 Å². The summed E-state index contributed by atoms with van der Waals surface area (Å²) in [5.74, 6) is 0.187. The fourth-order valence-electron chi connectivity index (χ4n) is 4.11. The first kappa shape index (κ1) is 14.5. The molecule has 2 heterocycles. The fourth-order valence-corrected chi connectivity index (χ4v) is 4.11. The number of hydrogen-bond donors (Lipinski definition) is 2. The van der Waals surface area contributed by atoms with Gasteiger partial charge in [0.15, 0.2) is 0 Å². The number of hydrogen-bond acceptors (Lipinski definition) is 3. The lowest BCUT2D eigenvalue weighted by atomic mass is 9.84. The number of fused-ring (bicyclic) bond motifs is 2. The van der Waals surface area contributed by atoms with Crippen molar-refractivity contribution in [3.63, 3.8) is 0 Å². The second kappa shape index (κ2) is 6.16. The van der Waals surface area contributed by atoms with Gasteiger partial charge in [-0.1, -0.05) is 12.1 Å². The van der Waals surface area contributed by atoms with E-state index >= 15 is 0 Å². The summed E-state index contributed by atoms with van der Waals surface area (Å²) in [4.78, 5) is 13.9. The Hall–Kier alpha value is -1.39. The molecule has 3 rings (SSSR count). The number of nitrogens with zero attached hydrogens (tertiary/aromatic N) is 1. The third kappa shape index (κ3) is 2.97. The second-order valence-corrected chi connectivity index (χ2v) is 6.36. The van der Waals surface area contributed by atoms with Crippen LogP contribution in [-0.4, -0.2) is 41.1 Å². The number of carbonyl (C=O) groups excluding carboxylic acids is 1. The maximum atomic E-state index is 11.3. The van der Waals surface area contributed by atoms with Gasteiger partial charge in [0.1, 0.15) is 0 Å². The van der Waals surface area contributed by atoms with Gasteiger partial charge in [0, 0.05) is 30.8 Å². The van der Waals surface area contributed by atoms with Gasteiger partial charge in [-0.15, -0.1) is 0 Å². The van der Waals surface area contributed by atoms with Crippen molar-refractivity contribution in [2.45, 2.75) is 50.1 Å². The molecule has 2 fully saturated rings. The van der Waals surface area contributed by atoms with Crippen LogP contribution in [0.4, 0.5) is 0 Å². The summed E-state index contributed by atoms with van der Waals surface area (Å²) < 4.78 is 0. The van der Waals surface area contributed by atoms with Crippen LogP contribution < -0.4 is 5.73 Å². The van der Waals surface area contributed by atoms with Crippen molar-refractivity contribution in [3.05, 3.63) is 35.4 Å². The van der Waals surface area contributed by atoms with E-state index in [0.717, 1.165) is 25.8 Å². The molecule has 114 valence electrons. The Morgan fingerprint density at radius 3 is 2.62 bits per heavy atom. The highest BCUT2D eigenvalue weighted by Gasteiger charge is 2.40. The standard InChI is InChI=1S/C17H24N2O2/c18-17(21)13-4-1-3-12(9-13)14-10-15-5-6-16(11-14)19(15)7-2-8-20/h1,3-4,9,14-16,20H,2,5-8,10-11H2,(H2,18,21). The molecule has 4 heteroatoms. The van der Waals surface area contributed by atoms with Crippen LogP contribution in [0.15, 0.2) is 24.3 Å². The molecule has 2 atom stereocenters. The summed E-state index contributed by atoms with van der Waals surface area (Å²) in [6.45, 7) is 1.29. The predicted molar refractivity (Wildman–Crippen MR) is 82.2 cm³/mol. The minimum absolute atomic E-state index is 0.278. The van der Waals surface area contributed by atoms with Crippen LogP contribution in [0.3, 0.4) is 0 Å². The van der Waals surface area contributed by atoms with Crippen LogP contribution in [0.2, 0.25) is 0 Å². The molecular weight excluding hydrogens is 264 g/mol. The molecule has 1 amide bonds. The van der Waals surface area contributed by atoms with Crippen LogP contribution >= 0.6 is 0 Å². The van der Waals surface area contributed by atoms with Gasteiger partial charge in [0.2, 0.25) is 5.91 Å². The van der Waals surface area contributed by atoms with Gasteiger partial charge < -0.3 is 10.8 Å². The Balaban J connectivity index is 1.72. The van der Waals surface area contributed by atoms with Gasteiger partial charge >= 0.3 is 0 Å². The molecule has 3 N–H and O–H groups in total. The number of aliphatic hydroxyl groups is 1. The predicted octanol–water partition coefficient (Wildman–Crippen LogP) is 1.88. The Bertz CT molecular complexity index is 503. The van der Waals surface area contributed by atoms with Crippen molar-refractivity contribution in [2.24, 2.45) is 5.73 Å². The van der Waals surface area contributed by atoms with E-state index in [4.69, 9.17) is 10.8 Å². The summed E-state index contributed by atoms with van der Waals surface area (Å²) in [6, 6.07) is 9.09. The van der Waals surface area contributed by atoms with E-state index in [1.54, 1.807) is 6.07 Å². The molecule has 2 aliphatic heterocycles. The van der Waals surface area contributed by atoms with Crippen molar-refractivity contribution in [1.29, 1.82) is 0 Å². The maximum Gasteiger partial charge on any atom is 0.248 e. The number of primary amides is 1. The molecule has 2 bridgehead atoms. The first-order valence-electron chi connectivity index (χ1n) is 7.95. The van der Waals surface area contributed by atoms with Crippen molar-refractivity contribution >= 4 is 5.91 Å². The number of benzene rings is 1. The van der Waals surface area contributed by atoms with Crippen molar-refractivity contribution < 1.29 is 9.90 Å². The first-order chi connectivity index (χ1) is 10.2. The van der Waals surface area contributed by atoms with Crippen molar-refractivity contribution in [2.75, 3.05) is 13.2 Å². The van der Waals surface area contributed by atoms with E-state index in [0.29, 0.717) is 23.6 Å².